The van der Waals surface area contributed by atoms with E-state index in [1.165, 1.54) is 23.5 Å². The smallest absolute Gasteiger partial charge is 0.293 e. The minimum absolute atomic E-state index is 0.129. The second kappa shape index (κ2) is 7.62. The van der Waals surface area contributed by atoms with Crippen LogP contribution in [0.5, 0.6) is 5.75 Å². The Kier molecular flexibility index (Phi) is 5.76. The third kappa shape index (κ3) is 4.15. The molecule has 0 aliphatic heterocycles. The first-order valence-electron chi connectivity index (χ1n) is 7.65. The molecule has 25 heavy (non-hydrogen) atoms. The van der Waals surface area contributed by atoms with Crippen LogP contribution in [0.1, 0.15) is 19.4 Å². The summed E-state index contributed by atoms with van der Waals surface area (Å²) in [5, 5.41) is 11.4. The number of nitrogens with zero attached hydrogens (tertiary/aromatic N) is 2. The summed E-state index contributed by atoms with van der Waals surface area (Å²) in [6.07, 6.45) is 0. The second-order valence-electron chi connectivity index (χ2n) is 5.72. The van der Waals surface area contributed by atoms with Crippen molar-refractivity contribution in [2.75, 3.05) is 7.11 Å². The van der Waals surface area contributed by atoms with Gasteiger partial charge in [0.05, 0.1) is 18.1 Å². The Morgan fingerprint density at radius 3 is 2.32 bits per heavy atom. The first kappa shape index (κ1) is 18.9. The number of hydrogen-bond donors (Lipinski definition) is 0. The quantitative estimate of drug-likeness (QED) is 0.556. The highest BCUT2D eigenvalue weighted by molar-refractivity contribution is 7.89. The SMILES string of the molecule is COc1ccc(S(=O)(=O)N(Cc2ccccc2)C(C)C)c([N+](=O)[O-])c1. The van der Waals surface area contributed by atoms with Crippen LogP contribution in [0.25, 0.3) is 0 Å². The van der Waals surface area contributed by atoms with E-state index in [0.29, 0.717) is 0 Å². The van der Waals surface area contributed by atoms with Crippen LogP contribution in [0.4, 0.5) is 5.69 Å². The van der Waals surface area contributed by atoms with Crippen LogP contribution in [0.2, 0.25) is 0 Å². The lowest BCUT2D eigenvalue weighted by atomic mass is 10.2. The van der Waals surface area contributed by atoms with E-state index in [1.807, 2.05) is 30.3 Å². The molecule has 0 atom stereocenters. The molecule has 0 saturated heterocycles. The van der Waals surface area contributed by atoms with Crippen molar-refractivity contribution in [1.82, 2.24) is 4.31 Å². The lowest BCUT2D eigenvalue weighted by Gasteiger charge is -2.26. The minimum atomic E-state index is -4.06. The summed E-state index contributed by atoms with van der Waals surface area (Å²) in [6.45, 7) is 3.59. The standard InChI is InChI=1S/C17H20N2O5S/c1-13(2)18(12-14-7-5-4-6-8-14)25(22,23)17-10-9-15(24-3)11-16(17)19(20)21/h4-11,13H,12H2,1-3H3. The average molecular weight is 364 g/mol. The number of hydrogen-bond acceptors (Lipinski definition) is 5. The molecule has 2 aromatic carbocycles. The van der Waals surface area contributed by atoms with Gasteiger partial charge in [0.2, 0.25) is 10.0 Å². The van der Waals surface area contributed by atoms with Crippen LogP contribution in [-0.2, 0) is 16.6 Å². The van der Waals surface area contributed by atoms with E-state index < -0.39 is 20.6 Å². The molecule has 0 radical (unpaired) electrons. The zero-order valence-electron chi connectivity index (χ0n) is 14.2. The maximum Gasteiger partial charge on any atom is 0.293 e. The van der Waals surface area contributed by atoms with E-state index in [9.17, 15) is 18.5 Å². The molecule has 0 fully saturated rings. The van der Waals surface area contributed by atoms with Gasteiger partial charge in [-0.15, -0.1) is 0 Å². The van der Waals surface area contributed by atoms with Gasteiger partial charge in [0, 0.05) is 12.6 Å². The van der Waals surface area contributed by atoms with Crippen LogP contribution in [0, 0.1) is 10.1 Å². The van der Waals surface area contributed by atoms with E-state index in [0.717, 1.165) is 11.6 Å². The highest BCUT2D eigenvalue weighted by Gasteiger charge is 2.33. The summed E-state index contributed by atoms with van der Waals surface area (Å²) in [7, 11) is -2.70. The largest absolute Gasteiger partial charge is 0.497 e. The molecule has 0 aliphatic carbocycles. The molecule has 7 nitrogen and oxygen atoms in total. The summed E-state index contributed by atoms with van der Waals surface area (Å²) in [4.78, 5) is 10.3. The number of methoxy groups -OCH3 is 1. The van der Waals surface area contributed by atoms with Crippen molar-refractivity contribution >= 4 is 15.7 Å². The molecular formula is C17H20N2O5S. The molecule has 0 amide bonds. The number of nitro groups is 1. The average Bonchev–Trinajstić information content (AvgIpc) is 2.59. The van der Waals surface area contributed by atoms with E-state index in [2.05, 4.69) is 0 Å². The highest BCUT2D eigenvalue weighted by atomic mass is 32.2. The molecule has 2 rings (SSSR count). The third-order valence-electron chi connectivity index (χ3n) is 3.71. The van der Waals surface area contributed by atoms with E-state index >= 15 is 0 Å². The Bertz CT molecular complexity index is 851. The monoisotopic (exact) mass is 364 g/mol. The van der Waals surface area contributed by atoms with Crippen LogP contribution in [0.3, 0.4) is 0 Å². The van der Waals surface area contributed by atoms with Crippen molar-refractivity contribution in [2.24, 2.45) is 0 Å². The van der Waals surface area contributed by atoms with Gasteiger partial charge in [-0.25, -0.2) is 8.42 Å². The predicted molar refractivity (Wildman–Crippen MR) is 94.0 cm³/mol. The summed E-state index contributed by atoms with van der Waals surface area (Å²) < 4.78 is 32.4. The van der Waals surface area contributed by atoms with Crippen LogP contribution >= 0.6 is 0 Å². The number of ether oxygens (including phenoxy) is 1. The Labute approximate surface area is 147 Å². The van der Waals surface area contributed by atoms with Gasteiger partial charge in [-0.05, 0) is 31.5 Å². The summed E-state index contributed by atoms with van der Waals surface area (Å²) in [6, 6.07) is 12.5. The molecule has 0 bridgehead atoms. The Morgan fingerprint density at radius 1 is 1.16 bits per heavy atom. The number of sulfonamides is 1. The molecule has 0 aromatic heterocycles. The van der Waals surface area contributed by atoms with Gasteiger partial charge in [-0.1, -0.05) is 30.3 Å². The molecule has 2 aromatic rings. The normalized spacial score (nSPS) is 11.7. The zero-order valence-corrected chi connectivity index (χ0v) is 15.1. The van der Waals surface area contributed by atoms with E-state index in [-0.39, 0.29) is 23.2 Å². The first-order chi connectivity index (χ1) is 11.8. The summed E-state index contributed by atoms with van der Waals surface area (Å²) >= 11 is 0. The summed E-state index contributed by atoms with van der Waals surface area (Å²) in [5.41, 5.74) is 0.300. The molecular weight excluding hydrogens is 344 g/mol. The van der Waals surface area contributed by atoms with Gasteiger partial charge >= 0.3 is 0 Å². The van der Waals surface area contributed by atoms with Gasteiger partial charge in [-0.3, -0.25) is 10.1 Å². The van der Waals surface area contributed by atoms with Crippen LogP contribution < -0.4 is 4.74 Å². The molecule has 0 heterocycles. The predicted octanol–water partition coefficient (Wildman–Crippen LogP) is 3.20. The second-order valence-corrected chi connectivity index (χ2v) is 7.58. The van der Waals surface area contributed by atoms with E-state index in [4.69, 9.17) is 4.74 Å². The van der Waals surface area contributed by atoms with Crippen LogP contribution in [-0.4, -0.2) is 30.8 Å². The topological polar surface area (TPSA) is 89.8 Å². The maximum atomic E-state index is 13.1. The van der Waals surface area contributed by atoms with Gasteiger partial charge < -0.3 is 4.74 Å². The Morgan fingerprint density at radius 2 is 1.80 bits per heavy atom. The molecule has 134 valence electrons. The zero-order chi connectivity index (χ0) is 18.6. The molecule has 0 aliphatic rings. The van der Waals surface area contributed by atoms with E-state index in [1.54, 1.807) is 13.8 Å². The van der Waals surface area contributed by atoms with Gasteiger partial charge in [-0.2, -0.15) is 4.31 Å². The maximum absolute atomic E-state index is 13.1. The van der Waals surface area contributed by atoms with Gasteiger partial charge in [0.25, 0.3) is 5.69 Å². The van der Waals surface area contributed by atoms with Crippen molar-refractivity contribution in [3.63, 3.8) is 0 Å². The fourth-order valence-corrected chi connectivity index (χ4v) is 4.18. The molecule has 0 saturated carbocycles. The molecule has 8 heteroatoms. The van der Waals surface area contributed by atoms with Crippen molar-refractivity contribution < 1.29 is 18.1 Å². The number of benzene rings is 2. The lowest BCUT2D eigenvalue weighted by Crippen LogP contribution is -2.36. The highest BCUT2D eigenvalue weighted by Crippen LogP contribution is 2.32. The van der Waals surface area contributed by atoms with Crippen molar-refractivity contribution in [3.8, 4) is 5.75 Å². The Balaban J connectivity index is 2.52. The fraction of sp³-hybridized carbons (Fsp3) is 0.294. The van der Waals surface area contributed by atoms with Crippen molar-refractivity contribution in [3.05, 3.63) is 64.2 Å². The number of rotatable bonds is 7. The van der Waals surface area contributed by atoms with Crippen LogP contribution in [0.15, 0.2) is 53.4 Å². The summed E-state index contributed by atoms with van der Waals surface area (Å²) in [5.74, 6) is 0.227. The Hall–Kier alpha value is -2.45. The third-order valence-corrected chi connectivity index (χ3v) is 5.78. The van der Waals surface area contributed by atoms with Crippen molar-refractivity contribution in [1.29, 1.82) is 0 Å². The van der Waals surface area contributed by atoms with Gasteiger partial charge in [0.1, 0.15) is 5.75 Å². The minimum Gasteiger partial charge on any atom is -0.497 e. The number of nitro benzene ring substituents is 1. The van der Waals surface area contributed by atoms with Gasteiger partial charge in [0.15, 0.2) is 4.90 Å². The molecule has 0 spiro atoms. The fourth-order valence-electron chi connectivity index (χ4n) is 2.42. The lowest BCUT2D eigenvalue weighted by molar-refractivity contribution is -0.387. The molecule has 0 unspecified atom stereocenters. The van der Waals surface area contributed by atoms with Crippen molar-refractivity contribution in [2.45, 2.75) is 31.3 Å². The molecule has 0 N–H and O–H groups in total. The first-order valence-corrected chi connectivity index (χ1v) is 9.09.